The molecule has 21 heavy (non-hydrogen) atoms. The van der Waals surface area contributed by atoms with Crippen LogP contribution in [0.1, 0.15) is 51.2 Å². The number of piperidine rings is 1. The Morgan fingerprint density at radius 2 is 2.24 bits per heavy atom. The van der Waals surface area contributed by atoms with Crippen molar-refractivity contribution in [3.8, 4) is 0 Å². The van der Waals surface area contributed by atoms with Crippen LogP contribution in [0.2, 0.25) is 0 Å². The summed E-state index contributed by atoms with van der Waals surface area (Å²) in [6, 6.07) is 0.437. The third-order valence-corrected chi connectivity index (χ3v) is 4.58. The lowest BCUT2D eigenvalue weighted by Gasteiger charge is -2.26. The number of thiazole rings is 1. The highest BCUT2D eigenvalue weighted by molar-refractivity contribution is 7.09. The molecule has 1 saturated heterocycles. The normalized spacial score (nSPS) is 22.5. The largest absolute Gasteiger partial charge is 0.349 e. The summed E-state index contributed by atoms with van der Waals surface area (Å²) in [5, 5.41) is 9.49. The van der Waals surface area contributed by atoms with Gasteiger partial charge in [-0.2, -0.15) is 0 Å². The predicted octanol–water partition coefficient (Wildman–Crippen LogP) is 2.87. The van der Waals surface area contributed by atoms with Gasteiger partial charge in [0, 0.05) is 22.8 Å². The first-order valence-corrected chi connectivity index (χ1v) is 8.20. The van der Waals surface area contributed by atoms with E-state index in [0.29, 0.717) is 12.6 Å². The highest BCUT2D eigenvalue weighted by Crippen LogP contribution is 2.24. The predicted molar refractivity (Wildman–Crippen MR) is 90.1 cm³/mol. The third-order valence-electron chi connectivity index (χ3n) is 3.73. The summed E-state index contributed by atoms with van der Waals surface area (Å²) in [6.45, 7) is 10.1. The Hall–Kier alpha value is -0.650. The Kier molecular flexibility index (Phi) is 6.63. The van der Waals surface area contributed by atoms with Crippen molar-refractivity contribution < 1.29 is 4.79 Å². The zero-order valence-corrected chi connectivity index (χ0v) is 14.9. The quantitative estimate of drug-likeness (QED) is 0.895. The molecule has 2 atom stereocenters. The molecule has 4 nitrogen and oxygen atoms in total. The maximum Gasteiger partial charge on any atom is 0.223 e. The molecule has 1 fully saturated rings. The lowest BCUT2D eigenvalue weighted by atomic mass is 9.92. The number of carbonyl (C=O) groups is 1. The summed E-state index contributed by atoms with van der Waals surface area (Å²) in [5.74, 6) is 0.319. The minimum Gasteiger partial charge on any atom is -0.349 e. The molecule has 0 spiro atoms. The number of halogens is 1. The molecule has 0 radical (unpaired) electrons. The highest BCUT2D eigenvalue weighted by Gasteiger charge is 2.24. The lowest BCUT2D eigenvalue weighted by molar-refractivity contribution is -0.126. The van der Waals surface area contributed by atoms with Gasteiger partial charge in [0.2, 0.25) is 5.91 Å². The summed E-state index contributed by atoms with van der Waals surface area (Å²) < 4.78 is 0. The zero-order valence-electron chi connectivity index (χ0n) is 13.2. The Bertz CT molecular complexity index is 470. The number of rotatable bonds is 3. The number of aromatic nitrogens is 1. The van der Waals surface area contributed by atoms with Crippen LogP contribution in [0.25, 0.3) is 0 Å². The molecule has 120 valence electrons. The molecule has 0 aromatic carbocycles. The van der Waals surface area contributed by atoms with Crippen molar-refractivity contribution >= 4 is 29.7 Å². The van der Waals surface area contributed by atoms with Gasteiger partial charge in [0.05, 0.1) is 12.2 Å². The second-order valence-corrected chi connectivity index (χ2v) is 7.61. The highest BCUT2D eigenvalue weighted by atomic mass is 35.5. The van der Waals surface area contributed by atoms with Crippen LogP contribution in [0.5, 0.6) is 0 Å². The molecule has 1 aliphatic heterocycles. The van der Waals surface area contributed by atoms with Crippen LogP contribution < -0.4 is 10.6 Å². The van der Waals surface area contributed by atoms with Gasteiger partial charge in [-0.3, -0.25) is 4.79 Å². The molecule has 0 unspecified atom stereocenters. The van der Waals surface area contributed by atoms with Crippen LogP contribution in [0.15, 0.2) is 5.38 Å². The van der Waals surface area contributed by atoms with E-state index < -0.39 is 0 Å². The fourth-order valence-corrected chi connectivity index (χ4v) is 3.37. The van der Waals surface area contributed by atoms with Crippen LogP contribution in [-0.2, 0) is 16.8 Å². The summed E-state index contributed by atoms with van der Waals surface area (Å²) in [6.07, 6.45) is 1.86. The van der Waals surface area contributed by atoms with E-state index >= 15 is 0 Å². The van der Waals surface area contributed by atoms with Crippen LogP contribution >= 0.6 is 23.7 Å². The average molecular weight is 332 g/mol. The fraction of sp³-hybridized carbons (Fsp3) is 0.733. The molecule has 6 heteroatoms. The van der Waals surface area contributed by atoms with Gasteiger partial charge < -0.3 is 10.6 Å². The van der Waals surface area contributed by atoms with Gasteiger partial charge in [0.25, 0.3) is 0 Å². The van der Waals surface area contributed by atoms with Crippen molar-refractivity contribution in [2.75, 3.05) is 6.54 Å². The number of carbonyl (C=O) groups excluding carboxylic acids is 1. The number of hydrogen-bond donors (Lipinski definition) is 2. The molecule has 1 aliphatic rings. The van der Waals surface area contributed by atoms with E-state index in [1.54, 1.807) is 11.3 Å². The van der Waals surface area contributed by atoms with Crippen molar-refractivity contribution in [2.24, 2.45) is 5.92 Å². The fourth-order valence-electron chi connectivity index (χ4n) is 2.41. The maximum absolute atomic E-state index is 12.2. The first-order valence-electron chi connectivity index (χ1n) is 7.32. The first kappa shape index (κ1) is 18.4. The number of nitrogens with zero attached hydrogens (tertiary/aromatic N) is 1. The van der Waals surface area contributed by atoms with E-state index in [9.17, 15) is 4.79 Å². The van der Waals surface area contributed by atoms with E-state index in [0.717, 1.165) is 30.1 Å². The van der Waals surface area contributed by atoms with E-state index in [1.165, 1.54) is 0 Å². The van der Waals surface area contributed by atoms with E-state index in [1.807, 2.05) is 0 Å². The first-order chi connectivity index (χ1) is 9.36. The van der Waals surface area contributed by atoms with Crippen LogP contribution in [0.3, 0.4) is 0 Å². The van der Waals surface area contributed by atoms with E-state index in [4.69, 9.17) is 0 Å². The number of amides is 1. The molecule has 1 aromatic heterocycles. The van der Waals surface area contributed by atoms with Crippen LogP contribution in [-0.4, -0.2) is 23.5 Å². The standard InChI is InChI=1S/C15H25N3OS.ClH/c1-10-7-11(5-6-16-10)14(19)17-8-13-18-12(9-20-13)15(2,3)4;/h9-11,16H,5-8H2,1-4H3,(H,17,19);1H/t10-,11-;/m0./s1. The SMILES string of the molecule is C[C@H]1C[C@@H](C(=O)NCc2nc(C(C)(C)C)cs2)CCN1.Cl. The Balaban J connectivity index is 0.00000220. The summed E-state index contributed by atoms with van der Waals surface area (Å²) in [7, 11) is 0. The van der Waals surface area contributed by atoms with Gasteiger partial charge in [-0.15, -0.1) is 23.7 Å². The number of nitrogens with one attached hydrogen (secondary N) is 2. The second-order valence-electron chi connectivity index (χ2n) is 6.67. The van der Waals surface area contributed by atoms with Crippen LogP contribution in [0, 0.1) is 5.92 Å². The Labute approximate surface area is 137 Å². The molecular weight excluding hydrogens is 306 g/mol. The molecule has 1 aromatic rings. The van der Waals surface area contributed by atoms with Gasteiger partial charge in [0.1, 0.15) is 5.01 Å². The monoisotopic (exact) mass is 331 g/mol. The molecule has 0 bridgehead atoms. The van der Waals surface area contributed by atoms with Gasteiger partial charge in [0.15, 0.2) is 0 Å². The minimum absolute atomic E-state index is 0. The molecule has 2 rings (SSSR count). The second kappa shape index (κ2) is 7.56. The third kappa shape index (κ3) is 5.24. The summed E-state index contributed by atoms with van der Waals surface area (Å²) >= 11 is 1.63. The lowest BCUT2D eigenvalue weighted by Crippen LogP contribution is -2.42. The van der Waals surface area contributed by atoms with Crippen molar-refractivity contribution in [1.29, 1.82) is 0 Å². The molecule has 2 N–H and O–H groups in total. The van der Waals surface area contributed by atoms with Crippen molar-refractivity contribution in [3.05, 3.63) is 16.1 Å². The van der Waals surface area contributed by atoms with Gasteiger partial charge >= 0.3 is 0 Å². The average Bonchev–Trinajstić information content (AvgIpc) is 2.84. The summed E-state index contributed by atoms with van der Waals surface area (Å²) in [5.41, 5.74) is 1.17. The van der Waals surface area contributed by atoms with E-state index in [2.05, 4.69) is 48.7 Å². The van der Waals surface area contributed by atoms with E-state index in [-0.39, 0.29) is 29.6 Å². The zero-order chi connectivity index (χ0) is 14.8. The van der Waals surface area contributed by atoms with Crippen molar-refractivity contribution in [1.82, 2.24) is 15.6 Å². The van der Waals surface area contributed by atoms with Crippen molar-refractivity contribution in [2.45, 2.75) is 58.5 Å². The van der Waals surface area contributed by atoms with Gasteiger partial charge in [-0.1, -0.05) is 20.8 Å². The van der Waals surface area contributed by atoms with Crippen molar-refractivity contribution in [3.63, 3.8) is 0 Å². The number of hydrogen-bond acceptors (Lipinski definition) is 4. The molecule has 1 amide bonds. The molecule has 2 heterocycles. The molecular formula is C15H26ClN3OS. The van der Waals surface area contributed by atoms with Gasteiger partial charge in [-0.05, 0) is 26.3 Å². The van der Waals surface area contributed by atoms with Gasteiger partial charge in [-0.25, -0.2) is 4.98 Å². The Morgan fingerprint density at radius 3 is 2.81 bits per heavy atom. The maximum atomic E-state index is 12.2. The topological polar surface area (TPSA) is 54.0 Å². The van der Waals surface area contributed by atoms with Crippen LogP contribution in [0.4, 0.5) is 0 Å². The summed E-state index contributed by atoms with van der Waals surface area (Å²) in [4.78, 5) is 16.8. The smallest absolute Gasteiger partial charge is 0.223 e. The minimum atomic E-state index is 0. The Morgan fingerprint density at radius 1 is 1.52 bits per heavy atom. The molecule has 0 saturated carbocycles. The molecule has 0 aliphatic carbocycles.